The number of carboxylic acids is 1. The first-order chi connectivity index (χ1) is 7.93. The highest BCUT2D eigenvalue weighted by atomic mass is 79.9. The van der Waals surface area contributed by atoms with Crippen molar-refractivity contribution in [2.24, 2.45) is 5.92 Å². The summed E-state index contributed by atoms with van der Waals surface area (Å²) >= 11 is 3.19. The molecule has 0 aliphatic heterocycles. The summed E-state index contributed by atoms with van der Waals surface area (Å²) in [6.07, 6.45) is 1.48. The molecule has 0 fully saturated rings. The number of carbonyl (C=O) groups is 2. The largest absolute Gasteiger partial charge is 0.480 e. The highest BCUT2D eigenvalue weighted by Crippen LogP contribution is 2.13. The first kappa shape index (κ1) is 13.6. The maximum Gasteiger partial charge on any atom is 0.326 e. The molecule has 0 bridgehead atoms. The van der Waals surface area contributed by atoms with Crippen molar-refractivity contribution in [3.8, 4) is 0 Å². The van der Waals surface area contributed by atoms with Crippen molar-refractivity contribution in [1.82, 2.24) is 10.3 Å². The Morgan fingerprint density at radius 2 is 2.12 bits per heavy atom. The Morgan fingerprint density at radius 3 is 2.59 bits per heavy atom. The molecule has 6 heteroatoms. The molecule has 0 aliphatic carbocycles. The average molecular weight is 301 g/mol. The topological polar surface area (TPSA) is 79.3 Å². The maximum atomic E-state index is 11.8. The summed E-state index contributed by atoms with van der Waals surface area (Å²) in [7, 11) is 0. The zero-order chi connectivity index (χ0) is 13.0. The number of carbonyl (C=O) groups excluding carboxylic acids is 1. The molecular formula is C11H13BrN2O3. The molecule has 1 amide bonds. The van der Waals surface area contributed by atoms with Crippen LogP contribution in [0.4, 0.5) is 0 Å². The van der Waals surface area contributed by atoms with Crippen molar-refractivity contribution < 1.29 is 14.7 Å². The summed E-state index contributed by atoms with van der Waals surface area (Å²) in [5.74, 6) is -1.75. The summed E-state index contributed by atoms with van der Waals surface area (Å²) in [6, 6.07) is 2.43. The van der Waals surface area contributed by atoms with E-state index in [0.29, 0.717) is 4.47 Å². The molecule has 1 rings (SSSR count). The van der Waals surface area contributed by atoms with E-state index in [2.05, 4.69) is 26.2 Å². The number of aromatic nitrogens is 1. The van der Waals surface area contributed by atoms with E-state index in [0.717, 1.165) is 0 Å². The van der Waals surface area contributed by atoms with Gasteiger partial charge in [-0.05, 0) is 34.0 Å². The van der Waals surface area contributed by atoms with E-state index in [1.165, 1.54) is 6.20 Å². The summed E-state index contributed by atoms with van der Waals surface area (Å²) in [4.78, 5) is 26.7. The fraction of sp³-hybridized carbons (Fsp3) is 0.364. The summed E-state index contributed by atoms with van der Waals surface area (Å²) in [6.45, 7) is 3.46. The van der Waals surface area contributed by atoms with Gasteiger partial charge in [0.2, 0.25) is 0 Å². The molecule has 92 valence electrons. The maximum absolute atomic E-state index is 11.8. The lowest BCUT2D eigenvalue weighted by atomic mass is 10.0. The SMILES string of the molecule is CC(C)C(NC(=O)c1ncccc1Br)C(=O)O. The Morgan fingerprint density at radius 1 is 1.47 bits per heavy atom. The van der Waals surface area contributed by atoms with Crippen molar-refractivity contribution in [1.29, 1.82) is 0 Å². The molecule has 0 saturated carbocycles. The van der Waals surface area contributed by atoms with Crippen molar-refractivity contribution >= 4 is 27.8 Å². The third-order valence-electron chi connectivity index (χ3n) is 2.19. The number of hydrogen-bond acceptors (Lipinski definition) is 3. The molecule has 0 saturated heterocycles. The van der Waals surface area contributed by atoms with Crippen LogP contribution in [0, 0.1) is 5.92 Å². The van der Waals surface area contributed by atoms with Gasteiger partial charge in [0.15, 0.2) is 0 Å². The zero-order valence-electron chi connectivity index (χ0n) is 9.48. The highest BCUT2D eigenvalue weighted by molar-refractivity contribution is 9.10. The van der Waals surface area contributed by atoms with E-state index >= 15 is 0 Å². The minimum absolute atomic E-state index is 0.180. The second kappa shape index (κ2) is 5.77. The van der Waals surface area contributed by atoms with Crippen LogP contribution < -0.4 is 5.32 Å². The van der Waals surface area contributed by atoms with Gasteiger partial charge < -0.3 is 10.4 Å². The molecule has 5 nitrogen and oxygen atoms in total. The molecule has 1 unspecified atom stereocenters. The Bertz CT molecular complexity index is 434. The summed E-state index contributed by atoms with van der Waals surface area (Å²) in [5.41, 5.74) is 0.180. The molecular weight excluding hydrogens is 288 g/mol. The minimum Gasteiger partial charge on any atom is -0.480 e. The Labute approximate surface area is 107 Å². The van der Waals surface area contributed by atoms with Crippen molar-refractivity contribution in [2.75, 3.05) is 0 Å². The van der Waals surface area contributed by atoms with Crippen LogP contribution in [-0.2, 0) is 4.79 Å². The fourth-order valence-electron chi connectivity index (χ4n) is 1.28. The number of nitrogens with zero attached hydrogens (tertiary/aromatic N) is 1. The quantitative estimate of drug-likeness (QED) is 0.887. The number of pyridine rings is 1. The fourth-order valence-corrected chi connectivity index (χ4v) is 1.71. The van der Waals surface area contributed by atoms with Gasteiger partial charge in [-0.25, -0.2) is 9.78 Å². The van der Waals surface area contributed by atoms with Gasteiger partial charge >= 0.3 is 5.97 Å². The van der Waals surface area contributed by atoms with Gasteiger partial charge in [0.25, 0.3) is 5.91 Å². The third kappa shape index (κ3) is 3.52. The summed E-state index contributed by atoms with van der Waals surface area (Å²) in [5, 5.41) is 11.4. The number of nitrogens with one attached hydrogen (secondary N) is 1. The highest BCUT2D eigenvalue weighted by Gasteiger charge is 2.25. The van der Waals surface area contributed by atoms with Crippen LogP contribution in [0.2, 0.25) is 0 Å². The van der Waals surface area contributed by atoms with Crippen molar-refractivity contribution in [3.63, 3.8) is 0 Å². The van der Waals surface area contributed by atoms with E-state index in [1.807, 2.05) is 0 Å². The van der Waals surface area contributed by atoms with E-state index in [1.54, 1.807) is 26.0 Å². The standard InChI is InChI=1S/C11H13BrN2O3/c1-6(2)8(11(16)17)14-10(15)9-7(12)4-3-5-13-9/h3-6,8H,1-2H3,(H,14,15)(H,16,17). The predicted octanol–water partition coefficient (Wildman–Crippen LogP) is 1.68. The van der Waals surface area contributed by atoms with E-state index in [-0.39, 0.29) is 11.6 Å². The van der Waals surface area contributed by atoms with Crippen LogP contribution in [0.15, 0.2) is 22.8 Å². The normalized spacial score (nSPS) is 12.2. The lowest BCUT2D eigenvalue weighted by Crippen LogP contribution is -2.44. The average Bonchev–Trinajstić information content (AvgIpc) is 2.25. The van der Waals surface area contributed by atoms with Crippen LogP contribution in [0.3, 0.4) is 0 Å². The first-order valence-corrected chi connectivity index (χ1v) is 5.87. The zero-order valence-corrected chi connectivity index (χ0v) is 11.1. The molecule has 1 aromatic rings. The van der Waals surface area contributed by atoms with Gasteiger partial charge in [-0.1, -0.05) is 13.8 Å². The molecule has 1 aromatic heterocycles. The second-order valence-corrected chi connectivity index (χ2v) is 4.72. The first-order valence-electron chi connectivity index (χ1n) is 5.07. The smallest absolute Gasteiger partial charge is 0.326 e. The number of rotatable bonds is 4. The lowest BCUT2D eigenvalue weighted by molar-refractivity contribution is -0.140. The number of carboxylic acid groups (broad SMARTS) is 1. The van der Waals surface area contributed by atoms with E-state index in [4.69, 9.17) is 5.11 Å². The Balaban J connectivity index is 2.85. The lowest BCUT2D eigenvalue weighted by Gasteiger charge is -2.17. The van der Waals surface area contributed by atoms with Crippen LogP contribution in [0.1, 0.15) is 24.3 Å². The number of aliphatic carboxylic acids is 1. The van der Waals surface area contributed by atoms with Crippen LogP contribution in [-0.4, -0.2) is 28.0 Å². The van der Waals surface area contributed by atoms with E-state index in [9.17, 15) is 9.59 Å². The Hall–Kier alpha value is -1.43. The Kier molecular flexibility index (Phi) is 4.62. The van der Waals surface area contributed by atoms with Crippen LogP contribution in [0.25, 0.3) is 0 Å². The van der Waals surface area contributed by atoms with E-state index < -0.39 is 17.9 Å². The van der Waals surface area contributed by atoms with Crippen molar-refractivity contribution in [3.05, 3.63) is 28.5 Å². The van der Waals surface area contributed by atoms with Crippen molar-refractivity contribution in [2.45, 2.75) is 19.9 Å². The molecule has 0 spiro atoms. The second-order valence-electron chi connectivity index (χ2n) is 3.87. The summed E-state index contributed by atoms with van der Waals surface area (Å²) < 4.78 is 0.533. The van der Waals surface area contributed by atoms with Gasteiger partial charge in [-0.2, -0.15) is 0 Å². The molecule has 0 aromatic carbocycles. The van der Waals surface area contributed by atoms with Gasteiger partial charge in [-0.3, -0.25) is 4.79 Å². The van der Waals surface area contributed by atoms with Gasteiger partial charge in [0.05, 0.1) is 0 Å². The molecule has 2 N–H and O–H groups in total. The van der Waals surface area contributed by atoms with Gasteiger partial charge in [0, 0.05) is 10.7 Å². The number of hydrogen-bond donors (Lipinski definition) is 2. The number of amides is 1. The van der Waals surface area contributed by atoms with Gasteiger partial charge in [-0.15, -0.1) is 0 Å². The molecule has 0 aliphatic rings. The van der Waals surface area contributed by atoms with Gasteiger partial charge in [0.1, 0.15) is 11.7 Å². The molecule has 0 radical (unpaired) electrons. The number of halogens is 1. The van der Waals surface area contributed by atoms with Crippen LogP contribution in [0.5, 0.6) is 0 Å². The predicted molar refractivity (Wildman–Crippen MR) is 65.7 cm³/mol. The molecule has 1 heterocycles. The molecule has 17 heavy (non-hydrogen) atoms. The van der Waals surface area contributed by atoms with Crippen LogP contribution >= 0.6 is 15.9 Å². The third-order valence-corrected chi connectivity index (χ3v) is 2.83. The monoisotopic (exact) mass is 300 g/mol. The molecule has 1 atom stereocenters. The minimum atomic E-state index is -1.06.